The van der Waals surface area contributed by atoms with Gasteiger partial charge in [-0.25, -0.2) is 4.79 Å². The molecule has 1 aromatic heterocycles. The van der Waals surface area contributed by atoms with Crippen LogP contribution in [0.5, 0.6) is 0 Å². The van der Waals surface area contributed by atoms with E-state index in [1.807, 2.05) is 39.0 Å². The summed E-state index contributed by atoms with van der Waals surface area (Å²) in [5, 5.41) is 3.12. The molecule has 2 aromatic rings. The van der Waals surface area contributed by atoms with Crippen LogP contribution in [0.2, 0.25) is 0 Å². The topological polar surface area (TPSA) is 65.8 Å². The van der Waals surface area contributed by atoms with Crippen LogP contribution in [0.25, 0.3) is 5.57 Å². The molecule has 1 aliphatic rings. The molecule has 0 radical (unpaired) electrons. The fourth-order valence-electron chi connectivity index (χ4n) is 3.26. The van der Waals surface area contributed by atoms with E-state index in [0.717, 1.165) is 16.7 Å². The maximum absolute atomic E-state index is 12.8. The monoisotopic (exact) mass is 381 g/mol. The molecular formula is C22H27N3O3. The highest BCUT2D eigenvalue weighted by atomic mass is 16.3. The van der Waals surface area contributed by atoms with Crippen LogP contribution in [0.15, 0.2) is 53.7 Å². The normalized spacial score (nSPS) is 14.7. The highest BCUT2D eigenvalue weighted by Gasteiger charge is 2.29. The first-order valence-corrected chi connectivity index (χ1v) is 9.44. The van der Waals surface area contributed by atoms with Crippen LogP contribution in [0.4, 0.5) is 4.79 Å². The fourth-order valence-corrected chi connectivity index (χ4v) is 3.26. The zero-order valence-corrected chi connectivity index (χ0v) is 16.7. The number of nitrogens with one attached hydrogen (secondary N) is 1. The number of carbonyl (C=O) groups is 2. The number of allylic oxidation sites excluding steroid dienone is 1. The van der Waals surface area contributed by atoms with Gasteiger partial charge in [0.05, 0.1) is 11.8 Å². The molecule has 0 unspecified atom stereocenters. The number of urea groups is 1. The van der Waals surface area contributed by atoms with Crippen molar-refractivity contribution in [1.82, 2.24) is 15.1 Å². The molecule has 0 spiro atoms. The summed E-state index contributed by atoms with van der Waals surface area (Å²) in [7, 11) is 0. The van der Waals surface area contributed by atoms with Crippen LogP contribution < -0.4 is 5.32 Å². The predicted molar refractivity (Wildman–Crippen MR) is 109 cm³/mol. The molecule has 1 saturated heterocycles. The summed E-state index contributed by atoms with van der Waals surface area (Å²) in [4.78, 5) is 28.6. The fraction of sp³-hybridized carbons (Fsp3) is 0.364. The van der Waals surface area contributed by atoms with Crippen LogP contribution in [0.3, 0.4) is 0 Å². The number of hydrogen-bond donors (Lipinski definition) is 1. The van der Waals surface area contributed by atoms with Crippen molar-refractivity contribution in [2.45, 2.75) is 26.3 Å². The smallest absolute Gasteiger partial charge is 0.318 e. The van der Waals surface area contributed by atoms with Crippen LogP contribution in [0, 0.1) is 0 Å². The van der Waals surface area contributed by atoms with Gasteiger partial charge in [0, 0.05) is 26.2 Å². The van der Waals surface area contributed by atoms with Crippen molar-refractivity contribution in [3.63, 3.8) is 0 Å². The van der Waals surface area contributed by atoms with Gasteiger partial charge in [0.1, 0.15) is 0 Å². The largest absolute Gasteiger partial charge is 0.459 e. The minimum Gasteiger partial charge on any atom is -0.459 e. The van der Waals surface area contributed by atoms with E-state index >= 15 is 0 Å². The lowest BCUT2D eigenvalue weighted by Crippen LogP contribution is -2.55. The molecule has 3 amide bonds. The van der Waals surface area contributed by atoms with Crippen LogP contribution in [0.1, 0.15) is 42.5 Å². The Morgan fingerprint density at radius 2 is 1.75 bits per heavy atom. The van der Waals surface area contributed by atoms with E-state index < -0.39 is 5.54 Å². The van der Waals surface area contributed by atoms with E-state index in [4.69, 9.17) is 4.42 Å². The molecule has 0 bridgehead atoms. The second-order valence-corrected chi connectivity index (χ2v) is 7.67. The standard InChI is InChI=1S/C22H27N3O3/c1-16(2)17-7-5-8-18(15-17)22(3,4)23-21(27)25-12-10-24(11-13-25)20(26)19-9-6-14-28-19/h5-9,14-15H,1,10-13H2,2-4H3,(H,23,27). The average molecular weight is 381 g/mol. The van der Waals surface area contributed by atoms with Crippen molar-refractivity contribution in [2.24, 2.45) is 0 Å². The molecule has 2 heterocycles. The Morgan fingerprint density at radius 3 is 2.36 bits per heavy atom. The van der Waals surface area contributed by atoms with Gasteiger partial charge in [-0.05, 0) is 50.1 Å². The Labute approximate surface area is 165 Å². The molecule has 0 aliphatic carbocycles. The minimum atomic E-state index is -0.524. The number of piperazine rings is 1. The summed E-state index contributed by atoms with van der Waals surface area (Å²) in [5.41, 5.74) is 2.54. The number of nitrogens with zero attached hydrogens (tertiary/aromatic N) is 2. The van der Waals surface area contributed by atoms with Gasteiger partial charge in [-0.2, -0.15) is 0 Å². The lowest BCUT2D eigenvalue weighted by atomic mass is 9.92. The number of amides is 3. The van der Waals surface area contributed by atoms with Gasteiger partial charge >= 0.3 is 6.03 Å². The first-order valence-electron chi connectivity index (χ1n) is 9.44. The maximum Gasteiger partial charge on any atom is 0.318 e. The summed E-state index contributed by atoms with van der Waals surface area (Å²) in [6, 6.07) is 11.3. The van der Waals surface area contributed by atoms with Gasteiger partial charge in [0.25, 0.3) is 5.91 Å². The highest BCUT2D eigenvalue weighted by Crippen LogP contribution is 2.24. The molecule has 0 atom stereocenters. The number of benzene rings is 1. The third-order valence-electron chi connectivity index (χ3n) is 5.08. The third kappa shape index (κ3) is 4.27. The summed E-state index contributed by atoms with van der Waals surface area (Å²) in [5.74, 6) is 0.193. The average Bonchev–Trinajstić information content (AvgIpc) is 3.22. The minimum absolute atomic E-state index is 0.129. The van der Waals surface area contributed by atoms with Gasteiger partial charge in [-0.3, -0.25) is 4.79 Å². The predicted octanol–water partition coefficient (Wildman–Crippen LogP) is 3.72. The zero-order valence-electron chi connectivity index (χ0n) is 16.7. The van der Waals surface area contributed by atoms with E-state index in [-0.39, 0.29) is 11.9 Å². The quantitative estimate of drug-likeness (QED) is 0.878. The van der Waals surface area contributed by atoms with Gasteiger partial charge in [0.15, 0.2) is 5.76 Å². The lowest BCUT2D eigenvalue weighted by Gasteiger charge is -2.37. The van der Waals surface area contributed by atoms with Crippen LogP contribution in [-0.4, -0.2) is 47.9 Å². The van der Waals surface area contributed by atoms with Crippen molar-refractivity contribution in [3.05, 3.63) is 66.1 Å². The summed E-state index contributed by atoms with van der Waals surface area (Å²) in [6.45, 7) is 11.9. The second kappa shape index (κ2) is 7.92. The Morgan fingerprint density at radius 1 is 1.07 bits per heavy atom. The number of carbonyl (C=O) groups excluding carboxylic acids is 2. The van der Waals surface area contributed by atoms with E-state index in [1.165, 1.54) is 6.26 Å². The van der Waals surface area contributed by atoms with Gasteiger partial charge in [-0.1, -0.05) is 30.4 Å². The van der Waals surface area contributed by atoms with Crippen molar-refractivity contribution in [2.75, 3.05) is 26.2 Å². The Balaban J connectivity index is 1.60. The molecule has 6 heteroatoms. The molecule has 148 valence electrons. The Bertz CT molecular complexity index is 863. The van der Waals surface area contributed by atoms with Crippen molar-refractivity contribution in [1.29, 1.82) is 0 Å². The summed E-state index contributed by atoms with van der Waals surface area (Å²) < 4.78 is 5.17. The van der Waals surface area contributed by atoms with Crippen molar-refractivity contribution >= 4 is 17.5 Å². The van der Waals surface area contributed by atoms with Crippen LogP contribution in [-0.2, 0) is 5.54 Å². The molecule has 1 aromatic carbocycles. The van der Waals surface area contributed by atoms with Gasteiger partial charge in [-0.15, -0.1) is 0 Å². The Kier molecular flexibility index (Phi) is 5.58. The summed E-state index contributed by atoms with van der Waals surface area (Å²) >= 11 is 0. The third-order valence-corrected chi connectivity index (χ3v) is 5.08. The van der Waals surface area contributed by atoms with Gasteiger partial charge < -0.3 is 19.5 Å². The lowest BCUT2D eigenvalue weighted by molar-refractivity contribution is 0.0630. The molecule has 28 heavy (non-hydrogen) atoms. The first-order chi connectivity index (χ1) is 13.3. The molecule has 6 nitrogen and oxygen atoms in total. The molecule has 1 N–H and O–H groups in total. The van der Waals surface area contributed by atoms with E-state index in [2.05, 4.69) is 18.0 Å². The number of rotatable bonds is 4. The van der Waals surface area contributed by atoms with E-state index in [1.54, 1.807) is 21.9 Å². The van der Waals surface area contributed by atoms with Crippen molar-refractivity contribution < 1.29 is 14.0 Å². The number of furan rings is 1. The van der Waals surface area contributed by atoms with E-state index in [9.17, 15) is 9.59 Å². The molecular weight excluding hydrogens is 354 g/mol. The first kappa shape index (κ1) is 19.7. The van der Waals surface area contributed by atoms with E-state index in [0.29, 0.717) is 31.9 Å². The second-order valence-electron chi connectivity index (χ2n) is 7.67. The zero-order chi connectivity index (χ0) is 20.3. The molecule has 1 fully saturated rings. The molecule has 0 saturated carbocycles. The molecule has 3 rings (SSSR count). The van der Waals surface area contributed by atoms with Crippen molar-refractivity contribution in [3.8, 4) is 0 Å². The maximum atomic E-state index is 12.8. The van der Waals surface area contributed by atoms with Crippen LogP contribution >= 0.6 is 0 Å². The molecule has 1 aliphatic heterocycles. The SMILES string of the molecule is C=C(C)c1cccc(C(C)(C)NC(=O)N2CCN(C(=O)c3ccco3)CC2)c1. The van der Waals surface area contributed by atoms with Gasteiger partial charge in [0.2, 0.25) is 0 Å². The Hall–Kier alpha value is -3.02. The number of hydrogen-bond acceptors (Lipinski definition) is 3. The highest BCUT2D eigenvalue weighted by molar-refractivity contribution is 5.91. The summed E-state index contributed by atoms with van der Waals surface area (Å²) in [6.07, 6.45) is 1.49.